The Kier molecular flexibility index (Phi) is 3.97. The maximum atomic E-state index is 11.6. The van der Waals surface area contributed by atoms with Crippen molar-refractivity contribution in [2.45, 2.75) is 6.04 Å². The molecule has 0 radical (unpaired) electrons. The lowest BCUT2D eigenvalue weighted by molar-refractivity contribution is 0.220. The van der Waals surface area contributed by atoms with Gasteiger partial charge in [0.15, 0.2) is 9.84 Å². The molecule has 0 aliphatic carbocycles. The first-order valence-corrected chi connectivity index (χ1v) is 9.05. The van der Waals surface area contributed by atoms with Gasteiger partial charge in [-0.3, -0.25) is 4.90 Å². The number of hydrogen-bond donors (Lipinski definition) is 1. The van der Waals surface area contributed by atoms with E-state index >= 15 is 0 Å². The van der Waals surface area contributed by atoms with Crippen molar-refractivity contribution >= 4 is 20.6 Å². The predicted octanol–water partition coefficient (Wildman–Crippen LogP) is 1.57. The summed E-state index contributed by atoms with van der Waals surface area (Å²) in [5, 5.41) is 2.39. The van der Waals surface area contributed by atoms with Crippen LogP contribution < -0.4 is 5.73 Å². The highest BCUT2D eigenvalue weighted by molar-refractivity contribution is 7.91. The van der Waals surface area contributed by atoms with E-state index in [2.05, 4.69) is 29.2 Å². The first kappa shape index (κ1) is 14.5. The van der Waals surface area contributed by atoms with Crippen LogP contribution in [-0.4, -0.2) is 44.5 Å². The van der Waals surface area contributed by atoms with E-state index in [1.165, 1.54) is 16.3 Å². The first-order valence-electron chi connectivity index (χ1n) is 7.23. The minimum absolute atomic E-state index is 0.0756. The van der Waals surface area contributed by atoms with E-state index in [4.69, 9.17) is 5.73 Å². The molecule has 1 unspecified atom stereocenters. The van der Waals surface area contributed by atoms with Crippen molar-refractivity contribution in [3.63, 3.8) is 0 Å². The summed E-state index contributed by atoms with van der Waals surface area (Å²) in [6.45, 7) is 1.62. The van der Waals surface area contributed by atoms with Crippen molar-refractivity contribution in [2.24, 2.45) is 5.73 Å². The van der Waals surface area contributed by atoms with E-state index in [0.717, 1.165) is 0 Å². The van der Waals surface area contributed by atoms with Gasteiger partial charge in [0, 0.05) is 25.7 Å². The Hall–Kier alpha value is -1.43. The molecule has 0 bridgehead atoms. The third-order valence-electron chi connectivity index (χ3n) is 4.23. The molecule has 2 aromatic carbocycles. The van der Waals surface area contributed by atoms with Crippen LogP contribution in [0.5, 0.6) is 0 Å². The minimum atomic E-state index is -2.86. The molecule has 0 amide bonds. The molecule has 0 spiro atoms. The van der Waals surface area contributed by atoms with Crippen LogP contribution in [0.4, 0.5) is 0 Å². The molecule has 0 saturated carbocycles. The molecule has 1 aliphatic heterocycles. The summed E-state index contributed by atoms with van der Waals surface area (Å²) < 4.78 is 23.2. The van der Waals surface area contributed by atoms with Crippen molar-refractivity contribution in [3.8, 4) is 0 Å². The standard InChI is InChI=1S/C16H20N2O2S/c17-12-16(18-8-10-21(19,20)11-9-18)15-7-3-5-13-4-1-2-6-14(13)15/h1-7,16H,8-12,17H2. The van der Waals surface area contributed by atoms with Gasteiger partial charge in [-0.2, -0.15) is 0 Å². The van der Waals surface area contributed by atoms with Gasteiger partial charge in [-0.15, -0.1) is 0 Å². The number of sulfone groups is 1. The van der Waals surface area contributed by atoms with E-state index in [1.54, 1.807) is 0 Å². The highest BCUT2D eigenvalue weighted by atomic mass is 32.2. The number of nitrogens with two attached hydrogens (primary N) is 1. The molecule has 112 valence electrons. The number of benzene rings is 2. The van der Waals surface area contributed by atoms with Crippen LogP contribution in [0.25, 0.3) is 10.8 Å². The molecule has 3 rings (SSSR count). The first-order chi connectivity index (χ1) is 10.1. The lowest BCUT2D eigenvalue weighted by atomic mass is 9.97. The van der Waals surface area contributed by atoms with Gasteiger partial charge in [0.05, 0.1) is 11.5 Å². The largest absolute Gasteiger partial charge is 0.329 e. The van der Waals surface area contributed by atoms with Gasteiger partial charge in [-0.05, 0) is 16.3 Å². The van der Waals surface area contributed by atoms with Gasteiger partial charge in [0.2, 0.25) is 0 Å². The molecule has 4 nitrogen and oxygen atoms in total. The fourth-order valence-electron chi connectivity index (χ4n) is 3.05. The Morgan fingerprint density at radius 3 is 2.43 bits per heavy atom. The minimum Gasteiger partial charge on any atom is -0.329 e. The van der Waals surface area contributed by atoms with Crippen LogP contribution >= 0.6 is 0 Å². The van der Waals surface area contributed by atoms with Crippen molar-refractivity contribution < 1.29 is 8.42 Å². The SMILES string of the molecule is NCC(c1cccc2ccccc12)N1CCS(=O)(=O)CC1. The fourth-order valence-corrected chi connectivity index (χ4v) is 4.28. The molecule has 21 heavy (non-hydrogen) atoms. The average molecular weight is 304 g/mol. The average Bonchev–Trinajstić information content (AvgIpc) is 2.50. The second-order valence-corrected chi connectivity index (χ2v) is 7.81. The van der Waals surface area contributed by atoms with Crippen LogP contribution in [0.1, 0.15) is 11.6 Å². The van der Waals surface area contributed by atoms with E-state index in [0.29, 0.717) is 19.6 Å². The molecule has 2 aromatic rings. The van der Waals surface area contributed by atoms with Crippen molar-refractivity contribution in [3.05, 3.63) is 48.0 Å². The van der Waals surface area contributed by atoms with Gasteiger partial charge >= 0.3 is 0 Å². The van der Waals surface area contributed by atoms with E-state index in [1.807, 2.05) is 18.2 Å². The summed E-state index contributed by atoms with van der Waals surface area (Å²) in [7, 11) is -2.86. The Labute approximate surface area is 125 Å². The van der Waals surface area contributed by atoms with Crippen molar-refractivity contribution in [1.29, 1.82) is 0 Å². The molecule has 0 aromatic heterocycles. The molecular weight excluding hydrogens is 284 g/mol. The highest BCUT2D eigenvalue weighted by Crippen LogP contribution is 2.28. The maximum Gasteiger partial charge on any atom is 0.152 e. The van der Waals surface area contributed by atoms with Gasteiger partial charge in [-0.1, -0.05) is 42.5 Å². The van der Waals surface area contributed by atoms with Crippen molar-refractivity contribution in [2.75, 3.05) is 31.1 Å². The van der Waals surface area contributed by atoms with Gasteiger partial charge in [-0.25, -0.2) is 8.42 Å². The molecule has 1 atom stereocenters. The van der Waals surface area contributed by atoms with E-state index in [-0.39, 0.29) is 17.5 Å². The zero-order valence-electron chi connectivity index (χ0n) is 11.9. The molecule has 2 N–H and O–H groups in total. The molecule has 1 aliphatic rings. The third-order valence-corrected chi connectivity index (χ3v) is 5.83. The number of fused-ring (bicyclic) bond motifs is 1. The lowest BCUT2D eigenvalue weighted by Gasteiger charge is -2.34. The monoisotopic (exact) mass is 304 g/mol. The normalized spacial score (nSPS) is 20.4. The number of rotatable bonds is 3. The Morgan fingerprint density at radius 2 is 1.71 bits per heavy atom. The molecular formula is C16H20N2O2S. The maximum absolute atomic E-state index is 11.6. The zero-order valence-corrected chi connectivity index (χ0v) is 12.7. The predicted molar refractivity (Wildman–Crippen MR) is 86.0 cm³/mol. The summed E-state index contributed by atoms with van der Waals surface area (Å²) in [6.07, 6.45) is 0. The Morgan fingerprint density at radius 1 is 1.05 bits per heavy atom. The van der Waals surface area contributed by atoms with Crippen molar-refractivity contribution in [1.82, 2.24) is 4.90 Å². The summed E-state index contributed by atoms with van der Waals surface area (Å²) in [6, 6.07) is 14.6. The third kappa shape index (κ3) is 2.95. The summed E-state index contributed by atoms with van der Waals surface area (Å²) in [5.74, 6) is 0.461. The van der Waals surface area contributed by atoms with Crippen LogP contribution in [-0.2, 0) is 9.84 Å². The zero-order chi connectivity index (χ0) is 14.9. The van der Waals surface area contributed by atoms with E-state index in [9.17, 15) is 8.42 Å². The summed E-state index contributed by atoms with van der Waals surface area (Å²) in [5.41, 5.74) is 7.19. The Bertz CT molecular complexity index is 724. The fraction of sp³-hybridized carbons (Fsp3) is 0.375. The van der Waals surface area contributed by atoms with Gasteiger partial charge in [0.25, 0.3) is 0 Å². The van der Waals surface area contributed by atoms with Crippen LogP contribution in [0.3, 0.4) is 0 Å². The van der Waals surface area contributed by atoms with Gasteiger partial charge < -0.3 is 5.73 Å². The molecule has 1 heterocycles. The van der Waals surface area contributed by atoms with Crippen LogP contribution in [0.2, 0.25) is 0 Å². The van der Waals surface area contributed by atoms with Gasteiger partial charge in [0.1, 0.15) is 0 Å². The number of nitrogens with zero attached hydrogens (tertiary/aromatic N) is 1. The quantitative estimate of drug-likeness (QED) is 0.935. The molecule has 1 fully saturated rings. The molecule has 1 saturated heterocycles. The lowest BCUT2D eigenvalue weighted by Crippen LogP contribution is -2.44. The molecule has 5 heteroatoms. The topological polar surface area (TPSA) is 63.4 Å². The highest BCUT2D eigenvalue weighted by Gasteiger charge is 2.27. The second-order valence-electron chi connectivity index (χ2n) is 5.51. The van der Waals surface area contributed by atoms with E-state index < -0.39 is 9.84 Å². The second kappa shape index (κ2) is 5.75. The summed E-state index contributed by atoms with van der Waals surface area (Å²) >= 11 is 0. The van der Waals surface area contributed by atoms with Crippen LogP contribution in [0, 0.1) is 0 Å². The Balaban J connectivity index is 1.96. The number of hydrogen-bond acceptors (Lipinski definition) is 4. The summed E-state index contributed by atoms with van der Waals surface area (Å²) in [4.78, 5) is 2.20. The van der Waals surface area contributed by atoms with Crippen LogP contribution in [0.15, 0.2) is 42.5 Å². The smallest absolute Gasteiger partial charge is 0.152 e.